The summed E-state index contributed by atoms with van der Waals surface area (Å²) >= 11 is 0. The third-order valence-corrected chi connectivity index (χ3v) is 4.23. The Kier molecular flexibility index (Phi) is 7.76. The molecule has 0 aliphatic heterocycles. The van der Waals surface area contributed by atoms with Gasteiger partial charge >= 0.3 is 5.97 Å². The van der Waals surface area contributed by atoms with Crippen molar-refractivity contribution in [2.75, 3.05) is 6.61 Å². The first-order valence-corrected chi connectivity index (χ1v) is 9.10. The Balaban J connectivity index is 1.84. The van der Waals surface area contributed by atoms with Crippen LogP contribution in [0.5, 0.6) is 11.5 Å². The molecule has 0 aliphatic carbocycles. The molecule has 0 aliphatic rings. The van der Waals surface area contributed by atoms with Crippen molar-refractivity contribution < 1.29 is 14.3 Å². The molecule has 0 aromatic heterocycles. The molecule has 3 nitrogen and oxygen atoms in total. The molecule has 3 heteroatoms. The van der Waals surface area contributed by atoms with E-state index in [0.29, 0.717) is 17.9 Å². The first-order chi connectivity index (χ1) is 12.6. The highest BCUT2D eigenvalue weighted by Gasteiger charge is 2.08. The fraction of sp³-hybridized carbons (Fsp3) is 0.348. The van der Waals surface area contributed by atoms with Gasteiger partial charge < -0.3 is 9.47 Å². The number of benzene rings is 2. The Morgan fingerprint density at radius 2 is 1.69 bits per heavy atom. The fourth-order valence-corrected chi connectivity index (χ4v) is 2.43. The van der Waals surface area contributed by atoms with Crippen LogP contribution in [0.3, 0.4) is 0 Å². The van der Waals surface area contributed by atoms with E-state index < -0.39 is 0 Å². The van der Waals surface area contributed by atoms with Crippen LogP contribution in [-0.4, -0.2) is 12.6 Å². The quantitative estimate of drug-likeness (QED) is 0.274. The number of carbonyl (C=O) groups is 1. The van der Waals surface area contributed by atoms with E-state index in [9.17, 15) is 4.79 Å². The number of ether oxygens (including phenoxy) is 2. The highest BCUT2D eigenvalue weighted by Crippen LogP contribution is 2.19. The second kappa shape index (κ2) is 10.3. The van der Waals surface area contributed by atoms with Gasteiger partial charge in [0, 0.05) is 5.56 Å². The predicted octanol–water partition coefficient (Wildman–Crippen LogP) is 5.48. The normalized spacial score (nSPS) is 11.2. The SMILES string of the molecule is CC#Cc1ccc(C(=O)Oc2ccc(OCCCC(C)CC)cc2)cc1. The lowest BCUT2D eigenvalue weighted by Gasteiger charge is -2.10. The predicted molar refractivity (Wildman–Crippen MR) is 105 cm³/mol. The Morgan fingerprint density at radius 3 is 2.31 bits per heavy atom. The minimum absolute atomic E-state index is 0.386. The van der Waals surface area contributed by atoms with Crippen LogP contribution in [0.25, 0.3) is 0 Å². The smallest absolute Gasteiger partial charge is 0.343 e. The number of hydrogen-bond donors (Lipinski definition) is 0. The minimum Gasteiger partial charge on any atom is -0.494 e. The summed E-state index contributed by atoms with van der Waals surface area (Å²) < 4.78 is 11.1. The summed E-state index contributed by atoms with van der Waals surface area (Å²) in [4.78, 5) is 12.2. The molecule has 2 rings (SSSR count). The Morgan fingerprint density at radius 1 is 1.04 bits per heavy atom. The maximum atomic E-state index is 12.2. The first-order valence-electron chi connectivity index (χ1n) is 9.10. The van der Waals surface area contributed by atoms with Crippen LogP contribution < -0.4 is 9.47 Å². The van der Waals surface area contributed by atoms with Gasteiger partial charge in [-0.25, -0.2) is 4.79 Å². The van der Waals surface area contributed by atoms with E-state index in [1.165, 1.54) is 12.8 Å². The summed E-state index contributed by atoms with van der Waals surface area (Å²) in [5.74, 6) is 7.41. The van der Waals surface area contributed by atoms with Crippen LogP contribution >= 0.6 is 0 Å². The van der Waals surface area contributed by atoms with E-state index in [1.54, 1.807) is 31.2 Å². The summed E-state index contributed by atoms with van der Waals surface area (Å²) in [6.45, 7) is 6.95. The number of carbonyl (C=O) groups excluding carboxylic acids is 1. The molecule has 1 unspecified atom stereocenters. The molecule has 2 aromatic carbocycles. The third kappa shape index (κ3) is 6.29. The van der Waals surface area contributed by atoms with Crippen molar-refractivity contribution in [1.82, 2.24) is 0 Å². The van der Waals surface area contributed by atoms with Crippen LogP contribution in [-0.2, 0) is 0 Å². The van der Waals surface area contributed by atoms with Crippen LogP contribution in [0.15, 0.2) is 48.5 Å². The standard InChI is InChI=1S/C23H26O3/c1-4-7-19-9-11-20(12-10-19)23(24)26-22-15-13-21(14-16-22)25-17-6-8-18(3)5-2/h9-16,18H,5-6,8,17H2,1-3H3. The minimum atomic E-state index is -0.386. The largest absolute Gasteiger partial charge is 0.494 e. The summed E-state index contributed by atoms with van der Waals surface area (Å²) in [5, 5.41) is 0. The molecule has 0 amide bonds. The summed E-state index contributed by atoms with van der Waals surface area (Å²) in [6, 6.07) is 14.2. The molecular weight excluding hydrogens is 324 g/mol. The first kappa shape index (κ1) is 19.6. The van der Waals surface area contributed by atoms with Crippen molar-refractivity contribution >= 4 is 5.97 Å². The van der Waals surface area contributed by atoms with Crippen molar-refractivity contribution in [3.05, 3.63) is 59.7 Å². The van der Waals surface area contributed by atoms with Crippen molar-refractivity contribution in [1.29, 1.82) is 0 Å². The number of esters is 1. The maximum Gasteiger partial charge on any atom is 0.343 e. The van der Waals surface area contributed by atoms with E-state index in [4.69, 9.17) is 9.47 Å². The average molecular weight is 350 g/mol. The van der Waals surface area contributed by atoms with Gasteiger partial charge in [-0.15, -0.1) is 5.92 Å². The van der Waals surface area contributed by atoms with Gasteiger partial charge in [0.05, 0.1) is 12.2 Å². The van der Waals surface area contributed by atoms with Gasteiger partial charge in [0.1, 0.15) is 11.5 Å². The van der Waals surface area contributed by atoms with Gasteiger partial charge in [0.25, 0.3) is 0 Å². The molecule has 0 saturated carbocycles. The molecule has 0 bridgehead atoms. The lowest BCUT2D eigenvalue weighted by molar-refractivity contribution is 0.0734. The summed E-state index contributed by atoms with van der Waals surface area (Å²) in [7, 11) is 0. The third-order valence-electron chi connectivity index (χ3n) is 4.23. The van der Waals surface area contributed by atoms with Crippen LogP contribution in [0.1, 0.15) is 56.0 Å². The monoisotopic (exact) mass is 350 g/mol. The Labute approximate surface area is 156 Å². The lowest BCUT2D eigenvalue weighted by atomic mass is 10.0. The summed E-state index contributed by atoms with van der Waals surface area (Å²) in [6.07, 6.45) is 3.42. The fourth-order valence-electron chi connectivity index (χ4n) is 2.43. The van der Waals surface area contributed by atoms with Crippen molar-refractivity contribution in [2.24, 2.45) is 5.92 Å². The molecular formula is C23H26O3. The van der Waals surface area contributed by atoms with Crippen molar-refractivity contribution in [2.45, 2.75) is 40.0 Å². The van der Waals surface area contributed by atoms with Gasteiger partial charge in [-0.2, -0.15) is 0 Å². The van der Waals surface area contributed by atoms with Crippen molar-refractivity contribution in [3.8, 4) is 23.3 Å². The average Bonchev–Trinajstić information content (AvgIpc) is 2.67. The molecule has 26 heavy (non-hydrogen) atoms. The van der Waals surface area contributed by atoms with E-state index in [2.05, 4.69) is 25.7 Å². The van der Waals surface area contributed by atoms with Gasteiger partial charge in [-0.05, 0) is 74.2 Å². The second-order valence-corrected chi connectivity index (χ2v) is 6.32. The molecule has 0 spiro atoms. The zero-order valence-corrected chi connectivity index (χ0v) is 15.7. The molecule has 2 aromatic rings. The van der Waals surface area contributed by atoms with E-state index in [1.807, 2.05) is 24.3 Å². The van der Waals surface area contributed by atoms with E-state index >= 15 is 0 Å². The second-order valence-electron chi connectivity index (χ2n) is 6.32. The molecule has 136 valence electrons. The van der Waals surface area contributed by atoms with E-state index in [-0.39, 0.29) is 5.97 Å². The van der Waals surface area contributed by atoms with Crippen LogP contribution in [0.2, 0.25) is 0 Å². The zero-order valence-electron chi connectivity index (χ0n) is 15.7. The molecule has 1 atom stereocenters. The molecule has 0 heterocycles. The van der Waals surface area contributed by atoms with Gasteiger partial charge in [-0.3, -0.25) is 0 Å². The molecule has 0 saturated heterocycles. The van der Waals surface area contributed by atoms with Crippen LogP contribution in [0, 0.1) is 17.8 Å². The Hall–Kier alpha value is -2.73. The molecule has 0 fully saturated rings. The highest BCUT2D eigenvalue weighted by atomic mass is 16.5. The van der Waals surface area contributed by atoms with Gasteiger partial charge in [0.2, 0.25) is 0 Å². The lowest BCUT2D eigenvalue weighted by Crippen LogP contribution is -2.08. The van der Waals surface area contributed by atoms with Crippen molar-refractivity contribution in [3.63, 3.8) is 0 Å². The van der Waals surface area contributed by atoms with E-state index in [0.717, 1.165) is 23.7 Å². The van der Waals surface area contributed by atoms with Gasteiger partial charge in [-0.1, -0.05) is 26.2 Å². The highest BCUT2D eigenvalue weighted by molar-refractivity contribution is 5.91. The zero-order chi connectivity index (χ0) is 18.8. The Bertz CT molecular complexity index is 749. The molecule has 0 radical (unpaired) electrons. The molecule has 0 N–H and O–H groups in total. The number of hydrogen-bond acceptors (Lipinski definition) is 3. The van der Waals surface area contributed by atoms with Crippen LogP contribution in [0.4, 0.5) is 0 Å². The maximum absolute atomic E-state index is 12.2. The summed E-state index contributed by atoms with van der Waals surface area (Å²) in [5.41, 5.74) is 1.37. The van der Waals surface area contributed by atoms with Gasteiger partial charge in [0.15, 0.2) is 0 Å². The topological polar surface area (TPSA) is 35.5 Å². The number of rotatable bonds is 8.